The van der Waals surface area contributed by atoms with Crippen LogP contribution in [0.25, 0.3) is 0 Å². The number of anilines is 1. The van der Waals surface area contributed by atoms with Gasteiger partial charge in [0.25, 0.3) is 0 Å². The largest absolute Gasteiger partial charge is 0.383 e. The molecule has 1 fully saturated rings. The van der Waals surface area contributed by atoms with Gasteiger partial charge in [-0.25, -0.2) is 9.97 Å². The Balaban J connectivity index is 2.28. The van der Waals surface area contributed by atoms with Gasteiger partial charge in [0.1, 0.15) is 5.82 Å². The van der Waals surface area contributed by atoms with E-state index in [0.717, 1.165) is 29.7 Å². The molecule has 1 aromatic heterocycles. The van der Waals surface area contributed by atoms with Crippen molar-refractivity contribution < 1.29 is 4.74 Å². The van der Waals surface area contributed by atoms with Crippen LogP contribution < -0.4 is 4.90 Å². The Hall–Kier alpha value is -0.870. The molecule has 0 saturated heterocycles. The van der Waals surface area contributed by atoms with Crippen molar-refractivity contribution >= 4 is 17.3 Å². The van der Waals surface area contributed by atoms with Crippen molar-refractivity contribution in [3.05, 3.63) is 17.7 Å². The van der Waals surface area contributed by atoms with Gasteiger partial charge in [0.2, 0.25) is 0 Å². The van der Waals surface area contributed by atoms with E-state index in [4.69, 9.17) is 16.3 Å². The van der Waals surface area contributed by atoms with Crippen LogP contribution in [0.1, 0.15) is 51.0 Å². The minimum Gasteiger partial charge on any atom is -0.383 e. The van der Waals surface area contributed by atoms with Crippen LogP contribution in [0.2, 0.25) is 0 Å². The number of hydrogen-bond donors (Lipinski definition) is 0. The predicted octanol–water partition coefficient (Wildman–Crippen LogP) is 3.59. The zero-order valence-corrected chi connectivity index (χ0v) is 14.2. The van der Waals surface area contributed by atoms with Crippen LogP contribution in [0.15, 0.2) is 6.20 Å². The van der Waals surface area contributed by atoms with E-state index in [1.165, 1.54) is 12.8 Å². The Labute approximate surface area is 132 Å². The fourth-order valence-electron chi connectivity index (χ4n) is 2.61. The number of ether oxygens (including phenoxy) is 1. The lowest BCUT2D eigenvalue weighted by Gasteiger charge is -2.32. The standard InChI is InChI=1S/C16H26ClN3O/c1-11(2)16-18-10-15(14(9-17)19-16)20(7-8-21-4)12(3)13-5-6-13/h10-13H,5-9H2,1-4H3. The van der Waals surface area contributed by atoms with Crippen LogP contribution in [0.5, 0.6) is 0 Å². The molecule has 5 heteroatoms. The van der Waals surface area contributed by atoms with E-state index in [2.05, 4.69) is 35.6 Å². The molecule has 0 N–H and O–H groups in total. The van der Waals surface area contributed by atoms with Gasteiger partial charge in [-0.3, -0.25) is 0 Å². The summed E-state index contributed by atoms with van der Waals surface area (Å²) in [5.74, 6) is 2.36. The molecule has 0 amide bonds. The van der Waals surface area contributed by atoms with Gasteiger partial charge in [0.15, 0.2) is 0 Å². The highest BCUT2D eigenvalue weighted by Gasteiger charge is 2.33. The van der Waals surface area contributed by atoms with Crippen LogP contribution >= 0.6 is 11.6 Å². The number of rotatable bonds is 8. The highest BCUT2D eigenvalue weighted by molar-refractivity contribution is 6.17. The maximum absolute atomic E-state index is 6.14. The van der Waals surface area contributed by atoms with Gasteiger partial charge >= 0.3 is 0 Å². The van der Waals surface area contributed by atoms with Crippen molar-refractivity contribution in [2.75, 3.05) is 25.2 Å². The molecule has 21 heavy (non-hydrogen) atoms. The molecular formula is C16H26ClN3O. The van der Waals surface area contributed by atoms with Crippen LogP contribution in [0.4, 0.5) is 5.69 Å². The molecule has 2 rings (SSSR count). The second kappa shape index (κ2) is 7.41. The molecule has 0 aliphatic heterocycles. The van der Waals surface area contributed by atoms with E-state index in [0.29, 0.717) is 24.4 Å². The Bertz CT molecular complexity index is 463. The fourth-order valence-corrected chi connectivity index (χ4v) is 2.81. The molecule has 0 radical (unpaired) electrons. The highest BCUT2D eigenvalue weighted by Crippen LogP contribution is 2.37. The molecule has 1 saturated carbocycles. The highest BCUT2D eigenvalue weighted by atomic mass is 35.5. The molecular weight excluding hydrogens is 286 g/mol. The van der Waals surface area contributed by atoms with Crippen molar-refractivity contribution in [1.29, 1.82) is 0 Å². The van der Waals surface area contributed by atoms with Gasteiger partial charge in [0.05, 0.1) is 30.1 Å². The van der Waals surface area contributed by atoms with Crippen molar-refractivity contribution in [2.24, 2.45) is 5.92 Å². The van der Waals surface area contributed by atoms with Gasteiger partial charge in [-0.15, -0.1) is 11.6 Å². The number of aromatic nitrogens is 2. The smallest absolute Gasteiger partial charge is 0.131 e. The number of methoxy groups -OCH3 is 1. The van der Waals surface area contributed by atoms with Crippen molar-refractivity contribution in [1.82, 2.24) is 9.97 Å². The molecule has 0 spiro atoms. The van der Waals surface area contributed by atoms with Crippen LogP contribution in [-0.2, 0) is 10.6 Å². The first kappa shape index (κ1) is 16.5. The second-order valence-electron chi connectivity index (χ2n) is 6.11. The maximum atomic E-state index is 6.14. The van der Waals surface area contributed by atoms with Crippen LogP contribution in [0.3, 0.4) is 0 Å². The normalized spacial score (nSPS) is 16.3. The Kier molecular flexibility index (Phi) is 5.82. The molecule has 1 aliphatic rings. The van der Waals surface area contributed by atoms with E-state index in [1.54, 1.807) is 7.11 Å². The first-order valence-electron chi connectivity index (χ1n) is 7.75. The number of alkyl halides is 1. The molecule has 1 atom stereocenters. The van der Waals surface area contributed by atoms with Crippen molar-refractivity contribution in [3.8, 4) is 0 Å². The molecule has 1 aliphatic carbocycles. The third-order valence-corrected chi connectivity index (χ3v) is 4.40. The van der Waals surface area contributed by atoms with E-state index in [-0.39, 0.29) is 0 Å². The Morgan fingerprint density at radius 3 is 2.62 bits per heavy atom. The van der Waals surface area contributed by atoms with Gasteiger partial charge in [0, 0.05) is 25.6 Å². The number of nitrogens with zero attached hydrogens (tertiary/aromatic N) is 3. The van der Waals surface area contributed by atoms with Gasteiger partial charge < -0.3 is 9.64 Å². The lowest BCUT2D eigenvalue weighted by molar-refractivity contribution is 0.202. The Morgan fingerprint density at radius 2 is 2.10 bits per heavy atom. The minimum absolute atomic E-state index is 0.314. The third-order valence-electron chi connectivity index (χ3n) is 4.15. The SMILES string of the molecule is COCCN(c1cnc(C(C)C)nc1CCl)C(C)C1CC1. The molecule has 1 heterocycles. The van der Waals surface area contributed by atoms with Crippen molar-refractivity contribution in [3.63, 3.8) is 0 Å². The summed E-state index contributed by atoms with van der Waals surface area (Å²) in [4.78, 5) is 11.5. The molecule has 0 bridgehead atoms. The zero-order chi connectivity index (χ0) is 15.4. The molecule has 1 aromatic rings. The molecule has 0 aromatic carbocycles. The molecule has 1 unspecified atom stereocenters. The lowest BCUT2D eigenvalue weighted by Crippen LogP contribution is -2.38. The molecule has 118 valence electrons. The van der Waals surface area contributed by atoms with E-state index >= 15 is 0 Å². The average Bonchev–Trinajstić information content (AvgIpc) is 3.31. The average molecular weight is 312 g/mol. The topological polar surface area (TPSA) is 38.2 Å². The number of halogens is 1. The summed E-state index contributed by atoms with van der Waals surface area (Å²) >= 11 is 6.14. The van der Waals surface area contributed by atoms with Gasteiger partial charge in [-0.05, 0) is 25.7 Å². The van der Waals surface area contributed by atoms with E-state index < -0.39 is 0 Å². The maximum Gasteiger partial charge on any atom is 0.131 e. The summed E-state index contributed by atoms with van der Waals surface area (Å²) in [6.45, 7) is 8.03. The molecule has 4 nitrogen and oxygen atoms in total. The van der Waals surface area contributed by atoms with Crippen molar-refractivity contribution in [2.45, 2.75) is 51.5 Å². The fraction of sp³-hybridized carbons (Fsp3) is 0.750. The first-order chi connectivity index (χ1) is 10.1. The third kappa shape index (κ3) is 4.07. The monoisotopic (exact) mass is 311 g/mol. The minimum atomic E-state index is 0.314. The summed E-state index contributed by atoms with van der Waals surface area (Å²) in [6.07, 6.45) is 4.56. The van der Waals surface area contributed by atoms with Crippen LogP contribution in [-0.4, -0.2) is 36.3 Å². The Morgan fingerprint density at radius 1 is 1.38 bits per heavy atom. The quantitative estimate of drug-likeness (QED) is 0.688. The van der Waals surface area contributed by atoms with Crippen LogP contribution in [0, 0.1) is 5.92 Å². The summed E-state index contributed by atoms with van der Waals surface area (Å²) < 4.78 is 5.26. The van der Waals surface area contributed by atoms with Gasteiger partial charge in [-0.2, -0.15) is 0 Å². The predicted molar refractivity (Wildman–Crippen MR) is 87.1 cm³/mol. The summed E-state index contributed by atoms with van der Waals surface area (Å²) in [7, 11) is 1.74. The summed E-state index contributed by atoms with van der Waals surface area (Å²) in [5, 5.41) is 0. The van der Waals surface area contributed by atoms with Gasteiger partial charge in [-0.1, -0.05) is 13.8 Å². The van der Waals surface area contributed by atoms with E-state index in [9.17, 15) is 0 Å². The summed E-state index contributed by atoms with van der Waals surface area (Å²) in [5.41, 5.74) is 1.99. The first-order valence-corrected chi connectivity index (χ1v) is 8.29. The number of hydrogen-bond acceptors (Lipinski definition) is 4. The van der Waals surface area contributed by atoms with E-state index in [1.807, 2.05) is 6.20 Å². The summed E-state index contributed by atoms with van der Waals surface area (Å²) in [6, 6.07) is 0.482. The zero-order valence-electron chi connectivity index (χ0n) is 13.5. The lowest BCUT2D eigenvalue weighted by atomic mass is 10.1. The second-order valence-corrected chi connectivity index (χ2v) is 6.38.